The summed E-state index contributed by atoms with van der Waals surface area (Å²) in [5, 5.41) is 2.80. The third-order valence-electron chi connectivity index (χ3n) is 1.83. The fourth-order valence-corrected chi connectivity index (χ4v) is 1.05. The van der Waals surface area contributed by atoms with Crippen molar-refractivity contribution in [2.75, 3.05) is 13.1 Å². The van der Waals surface area contributed by atoms with E-state index in [0.29, 0.717) is 18.7 Å². The van der Waals surface area contributed by atoms with Crippen LogP contribution in [-0.2, 0) is 6.54 Å². The molecule has 1 aromatic rings. The Hall–Kier alpha value is -1.62. The van der Waals surface area contributed by atoms with Crippen LogP contribution in [-0.4, -0.2) is 19.0 Å². The number of rotatable bonds is 4. The van der Waals surface area contributed by atoms with Gasteiger partial charge in [0.25, 0.3) is 0 Å². The van der Waals surface area contributed by atoms with E-state index < -0.39 is 0 Å². The maximum absolute atomic E-state index is 13.1. The lowest BCUT2D eigenvalue weighted by Crippen LogP contribution is -2.35. The van der Waals surface area contributed by atoms with Gasteiger partial charge in [-0.1, -0.05) is 18.2 Å². The van der Waals surface area contributed by atoms with E-state index in [4.69, 9.17) is 11.5 Å². The van der Waals surface area contributed by atoms with Gasteiger partial charge in [-0.3, -0.25) is 0 Å². The Kier molecular flexibility index (Phi) is 4.56. The van der Waals surface area contributed by atoms with Crippen molar-refractivity contribution >= 4 is 5.96 Å². The molecule has 0 aliphatic carbocycles. The average Bonchev–Trinajstić information content (AvgIpc) is 2.25. The van der Waals surface area contributed by atoms with Gasteiger partial charge >= 0.3 is 0 Å². The first-order valence-electron chi connectivity index (χ1n) is 4.71. The molecule has 82 valence electrons. The fourth-order valence-electron chi connectivity index (χ4n) is 1.05. The van der Waals surface area contributed by atoms with E-state index in [1.54, 1.807) is 18.2 Å². The summed E-state index contributed by atoms with van der Waals surface area (Å²) in [4.78, 5) is 3.98. The molecule has 0 saturated heterocycles. The quantitative estimate of drug-likeness (QED) is 0.490. The first kappa shape index (κ1) is 11.5. The van der Waals surface area contributed by atoms with Gasteiger partial charge in [0, 0.05) is 18.7 Å². The highest BCUT2D eigenvalue weighted by Crippen LogP contribution is 2.06. The van der Waals surface area contributed by atoms with E-state index in [0.717, 1.165) is 0 Å². The number of nitrogens with two attached hydrogens (primary N) is 2. The van der Waals surface area contributed by atoms with Gasteiger partial charge < -0.3 is 16.8 Å². The zero-order valence-electron chi connectivity index (χ0n) is 8.41. The highest BCUT2D eigenvalue weighted by molar-refractivity contribution is 5.77. The van der Waals surface area contributed by atoms with Gasteiger partial charge in [0.05, 0.1) is 6.54 Å². The first-order chi connectivity index (χ1) is 7.24. The van der Waals surface area contributed by atoms with Crippen LogP contribution in [0.25, 0.3) is 0 Å². The number of guanidine groups is 1. The average molecular weight is 210 g/mol. The van der Waals surface area contributed by atoms with Gasteiger partial charge in [0.15, 0.2) is 5.96 Å². The summed E-state index contributed by atoms with van der Waals surface area (Å²) in [5.41, 5.74) is 11.3. The van der Waals surface area contributed by atoms with Crippen LogP contribution in [0.2, 0.25) is 0 Å². The Morgan fingerprint density at radius 1 is 1.40 bits per heavy atom. The Morgan fingerprint density at radius 3 is 2.80 bits per heavy atom. The molecule has 0 bridgehead atoms. The largest absolute Gasteiger partial charge is 0.370 e. The van der Waals surface area contributed by atoms with Crippen LogP contribution in [0.15, 0.2) is 29.3 Å². The smallest absolute Gasteiger partial charge is 0.188 e. The Balaban J connectivity index is 2.52. The normalized spacial score (nSPS) is 11.5. The summed E-state index contributed by atoms with van der Waals surface area (Å²) in [5.74, 6) is 0.0107. The van der Waals surface area contributed by atoms with Crippen molar-refractivity contribution in [2.45, 2.75) is 6.54 Å². The van der Waals surface area contributed by atoms with Gasteiger partial charge in [-0.05, 0) is 6.07 Å². The van der Waals surface area contributed by atoms with Crippen LogP contribution < -0.4 is 16.8 Å². The minimum atomic E-state index is -0.270. The summed E-state index contributed by atoms with van der Waals surface area (Å²) >= 11 is 0. The van der Waals surface area contributed by atoms with Crippen molar-refractivity contribution in [3.05, 3.63) is 35.6 Å². The molecule has 0 aliphatic heterocycles. The van der Waals surface area contributed by atoms with Crippen molar-refractivity contribution in [3.63, 3.8) is 0 Å². The molecule has 1 rings (SSSR count). The van der Waals surface area contributed by atoms with E-state index >= 15 is 0 Å². The second kappa shape index (κ2) is 5.98. The molecule has 0 amide bonds. The van der Waals surface area contributed by atoms with Gasteiger partial charge in [-0.2, -0.15) is 0 Å². The van der Waals surface area contributed by atoms with Crippen LogP contribution in [0.5, 0.6) is 0 Å². The molecule has 0 unspecified atom stereocenters. The number of benzene rings is 1. The SMILES string of the molecule is NCCNC(N)=NCc1ccccc1F. The lowest BCUT2D eigenvalue weighted by atomic mass is 10.2. The van der Waals surface area contributed by atoms with Gasteiger partial charge in [0.2, 0.25) is 0 Å². The predicted molar refractivity (Wildman–Crippen MR) is 58.8 cm³/mol. The van der Waals surface area contributed by atoms with Crippen LogP contribution >= 0.6 is 0 Å². The van der Waals surface area contributed by atoms with Crippen molar-refractivity contribution in [1.82, 2.24) is 5.32 Å². The molecule has 5 N–H and O–H groups in total. The van der Waals surface area contributed by atoms with Crippen molar-refractivity contribution < 1.29 is 4.39 Å². The molecule has 0 saturated carbocycles. The second-order valence-corrected chi connectivity index (χ2v) is 3.01. The lowest BCUT2D eigenvalue weighted by molar-refractivity contribution is 0.610. The molecule has 5 heteroatoms. The third-order valence-corrected chi connectivity index (χ3v) is 1.83. The lowest BCUT2D eigenvalue weighted by Gasteiger charge is -2.03. The van der Waals surface area contributed by atoms with Gasteiger partial charge in [-0.15, -0.1) is 0 Å². The molecule has 0 spiro atoms. The second-order valence-electron chi connectivity index (χ2n) is 3.01. The van der Waals surface area contributed by atoms with E-state index in [1.807, 2.05) is 0 Å². The Morgan fingerprint density at radius 2 is 2.13 bits per heavy atom. The molecule has 0 radical (unpaired) electrons. The van der Waals surface area contributed by atoms with Crippen LogP contribution in [0, 0.1) is 5.82 Å². The van der Waals surface area contributed by atoms with Crippen molar-refractivity contribution in [2.24, 2.45) is 16.5 Å². The van der Waals surface area contributed by atoms with E-state index in [9.17, 15) is 4.39 Å². The van der Waals surface area contributed by atoms with Crippen molar-refractivity contribution in [1.29, 1.82) is 0 Å². The zero-order valence-corrected chi connectivity index (χ0v) is 8.41. The van der Waals surface area contributed by atoms with E-state index in [-0.39, 0.29) is 18.3 Å². The molecular weight excluding hydrogens is 195 g/mol. The number of aliphatic imine (C=N–C) groups is 1. The summed E-state index contributed by atoms with van der Waals surface area (Å²) < 4.78 is 13.1. The Labute approximate surface area is 88.2 Å². The maximum Gasteiger partial charge on any atom is 0.188 e. The van der Waals surface area contributed by atoms with Crippen LogP contribution in [0.1, 0.15) is 5.56 Å². The third kappa shape index (κ3) is 3.95. The monoisotopic (exact) mass is 210 g/mol. The molecule has 0 heterocycles. The number of nitrogens with zero attached hydrogens (tertiary/aromatic N) is 1. The minimum Gasteiger partial charge on any atom is -0.370 e. The molecule has 0 atom stereocenters. The molecule has 0 fully saturated rings. The highest BCUT2D eigenvalue weighted by atomic mass is 19.1. The fraction of sp³-hybridized carbons (Fsp3) is 0.300. The summed E-state index contributed by atoms with van der Waals surface area (Å²) in [7, 11) is 0. The molecule has 0 aromatic heterocycles. The summed E-state index contributed by atoms with van der Waals surface area (Å²) in [6.45, 7) is 1.28. The van der Waals surface area contributed by atoms with Crippen LogP contribution in [0.4, 0.5) is 4.39 Å². The molecule has 15 heavy (non-hydrogen) atoms. The van der Waals surface area contributed by atoms with Crippen LogP contribution in [0.3, 0.4) is 0 Å². The van der Waals surface area contributed by atoms with Gasteiger partial charge in [-0.25, -0.2) is 9.38 Å². The molecular formula is C10H15FN4. The summed E-state index contributed by atoms with van der Waals surface area (Å²) in [6, 6.07) is 6.47. The molecule has 1 aromatic carbocycles. The predicted octanol–water partition coefficient (Wildman–Crippen LogP) is 0.189. The minimum absolute atomic E-state index is 0.232. The number of hydrogen-bond donors (Lipinski definition) is 3. The summed E-state index contributed by atoms with van der Waals surface area (Å²) in [6.07, 6.45) is 0. The number of nitrogens with one attached hydrogen (secondary N) is 1. The number of hydrogen-bond acceptors (Lipinski definition) is 2. The topological polar surface area (TPSA) is 76.4 Å². The van der Waals surface area contributed by atoms with E-state index in [2.05, 4.69) is 10.3 Å². The number of halogens is 1. The Bertz CT molecular complexity index is 338. The first-order valence-corrected chi connectivity index (χ1v) is 4.71. The standard InChI is InChI=1S/C10H15FN4/c11-9-4-2-1-3-8(9)7-15-10(13)14-6-5-12/h1-4H,5-7,12H2,(H3,13,14,15). The highest BCUT2D eigenvalue weighted by Gasteiger charge is 1.98. The zero-order chi connectivity index (χ0) is 11.1. The molecule has 0 aliphatic rings. The van der Waals surface area contributed by atoms with E-state index in [1.165, 1.54) is 6.07 Å². The molecule has 4 nitrogen and oxygen atoms in total. The maximum atomic E-state index is 13.1. The van der Waals surface area contributed by atoms with Gasteiger partial charge in [0.1, 0.15) is 5.82 Å². The van der Waals surface area contributed by atoms with Crippen molar-refractivity contribution in [3.8, 4) is 0 Å².